The van der Waals surface area contributed by atoms with Gasteiger partial charge in [0.15, 0.2) is 0 Å². The molecule has 0 aliphatic carbocycles. The summed E-state index contributed by atoms with van der Waals surface area (Å²) in [4.78, 5) is 38.7. The molecular formula is C27H28N4O3. The summed E-state index contributed by atoms with van der Waals surface area (Å²) in [5.74, 6) is -0.969. The fourth-order valence-corrected chi connectivity index (χ4v) is 4.35. The van der Waals surface area contributed by atoms with Gasteiger partial charge in [0.05, 0.1) is 0 Å². The lowest BCUT2D eigenvalue weighted by atomic mass is 10.1. The van der Waals surface area contributed by atoms with Crippen molar-refractivity contribution in [2.24, 2.45) is 0 Å². The highest BCUT2D eigenvalue weighted by Crippen LogP contribution is 2.25. The lowest BCUT2D eigenvalue weighted by Crippen LogP contribution is -2.38. The molecule has 3 aromatic rings. The van der Waals surface area contributed by atoms with E-state index in [2.05, 4.69) is 47.2 Å². The SMILES string of the molecule is Cc1cccc(NC(=O)CN2C(=O)N/C(=C/c3cc(C)n(-c4cc(C)cc(C)c4)c3C)C2=O)c1. The van der Waals surface area contributed by atoms with Crippen LogP contribution in [0, 0.1) is 34.6 Å². The molecule has 1 saturated heterocycles. The first-order valence-electron chi connectivity index (χ1n) is 11.1. The van der Waals surface area contributed by atoms with Crippen molar-refractivity contribution >= 4 is 29.6 Å². The zero-order valence-electron chi connectivity index (χ0n) is 20.0. The van der Waals surface area contributed by atoms with E-state index in [1.807, 2.05) is 45.0 Å². The van der Waals surface area contributed by atoms with Crippen LogP contribution in [0.25, 0.3) is 11.8 Å². The number of urea groups is 1. The van der Waals surface area contributed by atoms with Gasteiger partial charge in [-0.1, -0.05) is 18.2 Å². The second kappa shape index (κ2) is 9.02. The van der Waals surface area contributed by atoms with E-state index >= 15 is 0 Å². The van der Waals surface area contributed by atoms with Crippen LogP contribution in [-0.4, -0.2) is 33.9 Å². The molecule has 174 valence electrons. The Morgan fingerprint density at radius 1 is 0.941 bits per heavy atom. The first-order chi connectivity index (χ1) is 16.1. The highest BCUT2D eigenvalue weighted by atomic mass is 16.2. The van der Waals surface area contributed by atoms with Crippen LogP contribution in [-0.2, 0) is 9.59 Å². The second-order valence-electron chi connectivity index (χ2n) is 8.80. The van der Waals surface area contributed by atoms with Crippen LogP contribution >= 0.6 is 0 Å². The maximum Gasteiger partial charge on any atom is 0.329 e. The van der Waals surface area contributed by atoms with Gasteiger partial charge in [0.1, 0.15) is 12.2 Å². The third-order valence-electron chi connectivity index (χ3n) is 5.80. The standard InChI is InChI=1S/C27H28N4O3/c1-16-7-6-8-22(10-16)28-25(32)15-30-26(33)24(29-27(30)34)14-21-13-19(4)31(20(21)5)23-11-17(2)9-18(3)12-23/h6-14H,15H2,1-5H3,(H,28,32)(H,29,34)/b24-14+. The van der Waals surface area contributed by atoms with Crippen LogP contribution in [0.5, 0.6) is 0 Å². The Hall–Kier alpha value is -4.13. The predicted octanol–water partition coefficient (Wildman–Crippen LogP) is 4.55. The van der Waals surface area contributed by atoms with Gasteiger partial charge in [0.25, 0.3) is 5.91 Å². The van der Waals surface area contributed by atoms with Crippen molar-refractivity contribution < 1.29 is 14.4 Å². The van der Waals surface area contributed by atoms with Crippen molar-refractivity contribution in [1.29, 1.82) is 0 Å². The maximum absolute atomic E-state index is 12.9. The number of imide groups is 1. The molecule has 0 unspecified atom stereocenters. The van der Waals surface area contributed by atoms with Gasteiger partial charge in [0, 0.05) is 22.8 Å². The summed E-state index contributed by atoms with van der Waals surface area (Å²) < 4.78 is 2.13. The molecule has 0 radical (unpaired) electrons. The molecule has 0 spiro atoms. The first-order valence-corrected chi connectivity index (χ1v) is 11.1. The average molecular weight is 457 g/mol. The van der Waals surface area contributed by atoms with Crippen LogP contribution in [0.4, 0.5) is 10.5 Å². The monoisotopic (exact) mass is 456 g/mol. The largest absolute Gasteiger partial charge is 0.329 e. The number of benzene rings is 2. The molecule has 0 atom stereocenters. The Morgan fingerprint density at radius 2 is 1.65 bits per heavy atom. The number of aryl methyl sites for hydroxylation is 4. The minimum Gasteiger partial charge on any atom is -0.325 e. The lowest BCUT2D eigenvalue weighted by molar-refractivity contribution is -0.127. The molecule has 0 saturated carbocycles. The summed E-state index contributed by atoms with van der Waals surface area (Å²) >= 11 is 0. The van der Waals surface area contributed by atoms with Crippen LogP contribution in [0.1, 0.15) is 33.6 Å². The van der Waals surface area contributed by atoms with E-state index in [9.17, 15) is 14.4 Å². The molecule has 2 heterocycles. The Kier molecular flexibility index (Phi) is 6.11. The lowest BCUT2D eigenvalue weighted by Gasteiger charge is -2.12. The third kappa shape index (κ3) is 4.64. The zero-order valence-corrected chi connectivity index (χ0v) is 20.0. The molecule has 1 aliphatic heterocycles. The summed E-state index contributed by atoms with van der Waals surface area (Å²) in [5.41, 5.74) is 7.94. The summed E-state index contributed by atoms with van der Waals surface area (Å²) in [6.45, 7) is 9.65. The summed E-state index contributed by atoms with van der Waals surface area (Å²) in [7, 11) is 0. The number of nitrogens with zero attached hydrogens (tertiary/aromatic N) is 2. The van der Waals surface area contributed by atoms with Crippen molar-refractivity contribution in [3.8, 4) is 5.69 Å². The van der Waals surface area contributed by atoms with E-state index in [1.54, 1.807) is 12.1 Å². The maximum atomic E-state index is 12.9. The molecule has 4 rings (SSSR count). The average Bonchev–Trinajstić information content (AvgIpc) is 3.16. The Bertz CT molecular complexity index is 1330. The fourth-order valence-electron chi connectivity index (χ4n) is 4.35. The van der Waals surface area contributed by atoms with Crippen molar-refractivity contribution in [3.63, 3.8) is 0 Å². The molecule has 4 amide bonds. The number of carbonyl (C=O) groups excluding carboxylic acids is 3. The molecule has 1 fully saturated rings. The predicted molar refractivity (Wildman–Crippen MR) is 133 cm³/mol. The van der Waals surface area contributed by atoms with Crippen LogP contribution in [0.3, 0.4) is 0 Å². The fraction of sp³-hybridized carbons (Fsp3) is 0.222. The number of hydrogen-bond donors (Lipinski definition) is 2. The molecule has 1 aromatic heterocycles. The summed E-state index contributed by atoms with van der Waals surface area (Å²) in [6.07, 6.45) is 1.67. The number of rotatable bonds is 5. The van der Waals surface area contributed by atoms with E-state index in [4.69, 9.17) is 0 Å². The van der Waals surface area contributed by atoms with Crippen molar-refractivity contribution in [2.45, 2.75) is 34.6 Å². The third-order valence-corrected chi connectivity index (χ3v) is 5.80. The van der Waals surface area contributed by atoms with Gasteiger partial charge in [-0.3, -0.25) is 9.59 Å². The topological polar surface area (TPSA) is 83.4 Å². The van der Waals surface area contributed by atoms with Gasteiger partial charge in [-0.15, -0.1) is 0 Å². The van der Waals surface area contributed by atoms with Crippen LogP contribution in [0.2, 0.25) is 0 Å². The Morgan fingerprint density at radius 3 is 2.32 bits per heavy atom. The molecule has 7 heteroatoms. The smallest absolute Gasteiger partial charge is 0.325 e. The van der Waals surface area contributed by atoms with E-state index in [1.165, 1.54) is 11.1 Å². The number of amides is 4. The van der Waals surface area contributed by atoms with Crippen molar-refractivity contribution in [2.75, 3.05) is 11.9 Å². The Balaban J connectivity index is 1.55. The number of aromatic nitrogens is 1. The highest BCUT2D eigenvalue weighted by Gasteiger charge is 2.35. The molecule has 2 N–H and O–H groups in total. The summed E-state index contributed by atoms with van der Waals surface area (Å²) in [6, 6.07) is 15.0. The normalized spacial score (nSPS) is 14.6. The van der Waals surface area contributed by atoms with E-state index in [0.717, 1.165) is 33.1 Å². The first kappa shape index (κ1) is 23.0. The number of hydrogen-bond acceptors (Lipinski definition) is 3. The Labute approximate surface area is 199 Å². The molecule has 2 aromatic carbocycles. The quantitative estimate of drug-likeness (QED) is 0.436. The van der Waals surface area contributed by atoms with E-state index in [-0.39, 0.29) is 12.2 Å². The second-order valence-corrected chi connectivity index (χ2v) is 8.80. The minimum atomic E-state index is -0.612. The molecule has 0 bridgehead atoms. The van der Waals surface area contributed by atoms with Crippen molar-refractivity contribution in [3.05, 3.63) is 87.9 Å². The minimum absolute atomic E-state index is 0.147. The van der Waals surface area contributed by atoms with Gasteiger partial charge in [-0.05, 0) is 93.3 Å². The van der Waals surface area contributed by atoms with E-state index in [0.29, 0.717) is 5.69 Å². The van der Waals surface area contributed by atoms with E-state index < -0.39 is 17.8 Å². The van der Waals surface area contributed by atoms with Gasteiger partial charge in [0.2, 0.25) is 5.91 Å². The van der Waals surface area contributed by atoms with Gasteiger partial charge < -0.3 is 15.2 Å². The molecular weight excluding hydrogens is 428 g/mol. The number of carbonyl (C=O) groups is 3. The summed E-state index contributed by atoms with van der Waals surface area (Å²) in [5, 5.41) is 5.33. The molecule has 34 heavy (non-hydrogen) atoms. The van der Waals surface area contributed by atoms with Crippen LogP contribution < -0.4 is 10.6 Å². The van der Waals surface area contributed by atoms with Gasteiger partial charge in [-0.2, -0.15) is 0 Å². The van der Waals surface area contributed by atoms with Crippen LogP contribution in [0.15, 0.2) is 54.2 Å². The number of nitrogens with one attached hydrogen (secondary N) is 2. The molecule has 1 aliphatic rings. The number of anilines is 1. The zero-order chi connectivity index (χ0) is 24.6. The van der Waals surface area contributed by atoms with Gasteiger partial charge >= 0.3 is 6.03 Å². The highest BCUT2D eigenvalue weighted by molar-refractivity contribution is 6.16. The van der Waals surface area contributed by atoms with Gasteiger partial charge in [-0.25, -0.2) is 9.69 Å². The molecule has 7 nitrogen and oxygen atoms in total. The van der Waals surface area contributed by atoms with Crippen molar-refractivity contribution in [1.82, 2.24) is 14.8 Å².